The van der Waals surface area contributed by atoms with Crippen molar-refractivity contribution in [2.45, 2.75) is 26.7 Å². The van der Waals surface area contributed by atoms with E-state index >= 15 is 0 Å². The van der Waals surface area contributed by atoms with Gasteiger partial charge in [0, 0.05) is 6.42 Å². The molecule has 0 atom stereocenters. The number of furan rings is 1. The Bertz CT molecular complexity index is 518. The molecule has 2 aromatic rings. The highest BCUT2D eigenvalue weighted by atomic mass is 32.1. The van der Waals surface area contributed by atoms with Crippen molar-refractivity contribution in [2.24, 2.45) is 0 Å². The molecular weight excluding hydrogens is 238 g/mol. The van der Waals surface area contributed by atoms with Gasteiger partial charge < -0.3 is 4.42 Å². The number of hydrogen-bond donors (Lipinski definition) is 1. The fourth-order valence-corrected chi connectivity index (χ4v) is 2.17. The van der Waals surface area contributed by atoms with Crippen molar-refractivity contribution in [1.29, 1.82) is 0 Å². The Morgan fingerprint density at radius 2 is 2.29 bits per heavy atom. The van der Waals surface area contributed by atoms with Gasteiger partial charge in [-0.15, -0.1) is 10.2 Å². The molecule has 1 amide bonds. The summed E-state index contributed by atoms with van der Waals surface area (Å²) in [6.45, 7) is 3.87. The molecule has 5 nitrogen and oxygen atoms in total. The van der Waals surface area contributed by atoms with Crippen LogP contribution in [0.4, 0.5) is 5.13 Å². The van der Waals surface area contributed by atoms with Crippen LogP contribution in [-0.2, 0) is 6.42 Å². The standard InChI is InChI=1S/C11H13N3O2S/c1-3-4-9-13-14-11(17-9)12-10(15)8-6-5-7(2)16-8/h5-6H,3-4H2,1-2H3,(H,12,14,15). The molecule has 0 bridgehead atoms. The number of hydrogen-bond acceptors (Lipinski definition) is 5. The predicted molar refractivity (Wildman–Crippen MR) is 65.3 cm³/mol. The Kier molecular flexibility index (Phi) is 3.53. The number of rotatable bonds is 4. The van der Waals surface area contributed by atoms with Crippen LogP contribution in [0.3, 0.4) is 0 Å². The summed E-state index contributed by atoms with van der Waals surface area (Å²) in [5, 5.41) is 12.0. The molecule has 0 fully saturated rings. The SMILES string of the molecule is CCCc1nnc(NC(=O)c2ccc(C)o2)s1. The molecule has 0 aliphatic heterocycles. The second kappa shape index (κ2) is 5.09. The minimum atomic E-state index is -0.294. The van der Waals surface area contributed by atoms with Gasteiger partial charge >= 0.3 is 0 Å². The van der Waals surface area contributed by atoms with Crippen molar-refractivity contribution >= 4 is 22.4 Å². The van der Waals surface area contributed by atoms with Gasteiger partial charge in [-0.3, -0.25) is 10.1 Å². The first-order valence-corrected chi connectivity index (χ1v) is 6.21. The fraction of sp³-hybridized carbons (Fsp3) is 0.364. The molecule has 0 saturated carbocycles. The monoisotopic (exact) mass is 251 g/mol. The summed E-state index contributed by atoms with van der Waals surface area (Å²) < 4.78 is 5.22. The Labute approximate surface area is 103 Å². The van der Waals surface area contributed by atoms with Crippen LogP contribution in [0.15, 0.2) is 16.5 Å². The lowest BCUT2D eigenvalue weighted by Crippen LogP contribution is -2.10. The second-order valence-electron chi connectivity index (χ2n) is 3.62. The highest BCUT2D eigenvalue weighted by Crippen LogP contribution is 2.17. The highest BCUT2D eigenvalue weighted by molar-refractivity contribution is 7.15. The van der Waals surface area contributed by atoms with E-state index in [9.17, 15) is 4.79 Å². The molecule has 0 aliphatic rings. The van der Waals surface area contributed by atoms with Crippen LogP contribution in [0, 0.1) is 6.92 Å². The zero-order valence-electron chi connectivity index (χ0n) is 9.69. The van der Waals surface area contributed by atoms with Crippen LogP contribution in [0.1, 0.15) is 34.7 Å². The van der Waals surface area contributed by atoms with Crippen molar-refractivity contribution in [3.05, 3.63) is 28.7 Å². The molecule has 0 aliphatic carbocycles. The van der Waals surface area contributed by atoms with Gasteiger partial charge in [0.2, 0.25) is 5.13 Å². The summed E-state index contributed by atoms with van der Waals surface area (Å²) in [7, 11) is 0. The quantitative estimate of drug-likeness (QED) is 0.907. The first-order chi connectivity index (χ1) is 8.19. The maximum absolute atomic E-state index is 11.7. The molecule has 0 spiro atoms. The van der Waals surface area contributed by atoms with Gasteiger partial charge in [-0.05, 0) is 25.5 Å². The molecular formula is C11H13N3O2S. The van der Waals surface area contributed by atoms with Gasteiger partial charge in [-0.1, -0.05) is 18.3 Å². The van der Waals surface area contributed by atoms with E-state index in [1.54, 1.807) is 19.1 Å². The van der Waals surface area contributed by atoms with Crippen molar-refractivity contribution in [2.75, 3.05) is 5.32 Å². The van der Waals surface area contributed by atoms with Crippen LogP contribution < -0.4 is 5.32 Å². The molecule has 0 radical (unpaired) electrons. The van der Waals surface area contributed by atoms with E-state index < -0.39 is 0 Å². The molecule has 0 unspecified atom stereocenters. The maximum atomic E-state index is 11.7. The minimum Gasteiger partial charge on any atom is -0.456 e. The van der Waals surface area contributed by atoms with E-state index in [0.29, 0.717) is 10.9 Å². The van der Waals surface area contributed by atoms with Gasteiger partial charge in [0.05, 0.1) is 0 Å². The normalized spacial score (nSPS) is 10.5. The summed E-state index contributed by atoms with van der Waals surface area (Å²) in [4.78, 5) is 11.7. The number of carbonyl (C=O) groups is 1. The van der Waals surface area contributed by atoms with Crippen molar-refractivity contribution in [1.82, 2.24) is 10.2 Å². The Hall–Kier alpha value is -1.69. The number of carbonyl (C=O) groups excluding carboxylic acids is 1. The van der Waals surface area contributed by atoms with E-state index in [1.807, 2.05) is 0 Å². The van der Waals surface area contributed by atoms with Gasteiger partial charge in [-0.2, -0.15) is 0 Å². The molecule has 6 heteroatoms. The van der Waals surface area contributed by atoms with Gasteiger partial charge in [-0.25, -0.2) is 0 Å². The number of nitrogens with zero attached hydrogens (tertiary/aromatic N) is 2. The lowest BCUT2D eigenvalue weighted by atomic mass is 10.4. The lowest BCUT2D eigenvalue weighted by Gasteiger charge is -1.96. The average molecular weight is 251 g/mol. The molecule has 1 N–H and O–H groups in total. The van der Waals surface area contributed by atoms with E-state index in [1.165, 1.54) is 11.3 Å². The van der Waals surface area contributed by atoms with E-state index in [2.05, 4.69) is 22.4 Å². The summed E-state index contributed by atoms with van der Waals surface area (Å²) in [6.07, 6.45) is 1.90. The third-order valence-electron chi connectivity index (χ3n) is 2.12. The average Bonchev–Trinajstić information content (AvgIpc) is 2.88. The Morgan fingerprint density at radius 3 is 2.94 bits per heavy atom. The lowest BCUT2D eigenvalue weighted by molar-refractivity contribution is 0.0995. The number of aromatic nitrogens is 2. The predicted octanol–water partition coefficient (Wildman–Crippen LogP) is 2.64. The Morgan fingerprint density at radius 1 is 1.47 bits per heavy atom. The zero-order valence-corrected chi connectivity index (χ0v) is 10.5. The largest absolute Gasteiger partial charge is 0.456 e. The number of nitrogens with one attached hydrogen (secondary N) is 1. The third-order valence-corrected chi connectivity index (χ3v) is 3.01. The van der Waals surface area contributed by atoms with Crippen LogP contribution in [0.5, 0.6) is 0 Å². The van der Waals surface area contributed by atoms with Crippen LogP contribution in [-0.4, -0.2) is 16.1 Å². The molecule has 2 aromatic heterocycles. The molecule has 2 rings (SSSR count). The molecule has 0 saturated heterocycles. The topological polar surface area (TPSA) is 68.0 Å². The van der Waals surface area contributed by atoms with Crippen molar-refractivity contribution in [3.8, 4) is 0 Å². The van der Waals surface area contributed by atoms with Crippen molar-refractivity contribution in [3.63, 3.8) is 0 Å². The molecule has 17 heavy (non-hydrogen) atoms. The molecule has 2 heterocycles. The molecule has 90 valence electrons. The zero-order chi connectivity index (χ0) is 12.3. The van der Waals surface area contributed by atoms with E-state index in [-0.39, 0.29) is 11.7 Å². The summed E-state index contributed by atoms with van der Waals surface area (Å²) in [6, 6.07) is 3.39. The van der Waals surface area contributed by atoms with Gasteiger partial charge in [0.1, 0.15) is 10.8 Å². The third kappa shape index (κ3) is 2.91. The summed E-state index contributed by atoms with van der Waals surface area (Å²) in [5.41, 5.74) is 0. The van der Waals surface area contributed by atoms with Crippen LogP contribution >= 0.6 is 11.3 Å². The van der Waals surface area contributed by atoms with Gasteiger partial charge in [0.15, 0.2) is 5.76 Å². The number of amides is 1. The molecule has 0 aromatic carbocycles. The maximum Gasteiger partial charge on any atom is 0.293 e. The Balaban J connectivity index is 2.02. The number of aryl methyl sites for hydroxylation is 2. The van der Waals surface area contributed by atoms with Crippen LogP contribution in [0.2, 0.25) is 0 Å². The highest BCUT2D eigenvalue weighted by Gasteiger charge is 2.12. The smallest absolute Gasteiger partial charge is 0.293 e. The van der Waals surface area contributed by atoms with Gasteiger partial charge in [0.25, 0.3) is 5.91 Å². The van der Waals surface area contributed by atoms with Crippen LogP contribution in [0.25, 0.3) is 0 Å². The summed E-state index contributed by atoms with van der Waals surface area (Å²) >= 11 is 1.39. The van der Waals surface area contributed by atoms with Crippen molar-refractivity contribution < 1.29 is 9.21 Å². The fourth-order valence-electron chi connectivity index (χ4n) is 1.33. The first-order valence-electron chi connectivity index (χ1n) is 5.39. The number of anilines is 1. The second-order valence-corrected chi connectivity index (χ2v) is 4.68. The summed E-state index contributed by atoms with van der Waals surface area (Å²) in [5.74, 6) is 0.700. The first kappa shape index (κ1) is 11.8. The van der Waals surface area contributed by atoms with E-state index in [4.69, 9.17) is 4.42 Å². The minimum absolute atomic E-state index is 0.287. The van der Waals surface area contributed by atoms with E-state index in [0.717, 1.165) is 17.8 Å².